The van der Waals surface area contributed by atoms with Gasteiger partial charge in [0.25, 0.3) is 0 Å². The van der Waals surface area contributed by atoms with E-state index in [1.54, 1.807) is 14.2 Å². The first-order valence-corrected chi connectivity index (χ1v) is 7.86. The zero-order chi connectivity index (χ0) is 14.9. The Morgan fingerprint density at radius 2 is 2.05 bits per heavy atom. The Morgan fingerprint density at radius 1 is 1.19 bits per heavy atom. The molecule has 1 aromatic rings. The predicted molar refractivity (Wildman–Crippen MR) is 81.8 cm³/mol. The summed E-state index contributed by atoms with van der Waals surface area (Å²) in [5.41, 5.74) is 0.573. The third kappa shape index (κ3) is 2.51. The number of hydrogen-bond acceptors (Lipinski definition) is 4. The van der Waals surface area contributed by atoms with Crippen LogP contribution in [-0.2, 0) is 0 Å². The maximum atomic E-state index is 11.0. The van der Waals surface area contributed by atoms with Gasteiger partial charge >= 0.3 is 0 Å². The maximum Gasteiger partial charge on any atom is 0.165 e. The highest BCUT2D eigenvalue weighted by Crippen LogP contribution is 2.48. The van der Waals surface area contributed by atoms with Crippen molar-refractivity contribution in [3.05, 3.63) is 23.8 Å². The molecule has 1 aliphatic heterocycles. The van der Waals surface area contributed by atoms with E-state index in [4.69, 9.17) is 9.47 Å². The Hall–Kier alpha value is -1.26. The van der Waals surface area contributed by atoms with Crippen LogP contribution in [0.4, 0.5) is 0 Å². The molecule has 3 rings (SSSR count). The number of rotatable bonds is 3. The Morgan fingerprint density at radius 3 is 2.81 bits per heavy atom. The molecule has 0 bridgehead atoms. The van der Waals surface area contributed by atoms with Gasteiger partial charge in [-0.15, -0.1) is 0 Å². The molecular formula is C17H25NO3. The van der Waals surface area contributed by atoms with Gasteiger partial charge in [0.1, 0.15) is 0 Å². The van der Waals surface area contributed by atoms with Gasteiger partial charge in [0, 0.05) is 17.5 Å². The lowest BCUT2D eigenvalue weighted by atomic mass is 9.66. The summed E-state index contributed by atoms with van der Waals surface area (Å²) < 4.78 is 11.0. The number of nitrogens with one attached hydrogen (secondary N) is 1. The Kier molecular flexibility index (Phi) is 4.09. The van der Waals surface area contributed by atoms with Crippen LogP contribution < -0.4 is 14.8 Å². The van der Waals surface area contributed by atoms with Gasteiger partial charge in [0.05, 0.1) is 19.8 Å². The molecule has 0 radical (unpaired) electrons. The molecule has 1 saturated heterocycles. The largest absolute Gasteiger partial charge is 0.493 e. The fourth-order valence-electron chi connectivity index (χ4n) is 4.11. The number of methoxy groups -OCH3 is 2. The fourth-order valence-corrected chi connectivity index (χ4v) is 4.11. The summed E-state index contributed by atoms with van der Waals surface area (Å²) in [4.78, 5) is 0. The number of hydrogen-bond donors (Lipinski definition) is 2. The third-order valence-corrected chi connectivity index (χ3v) is 5.16. The zero-order valence-electron chi connectivity index (χ0n) is 12.9. The van der Waals surface area contributed by atoms with Crippen molar-refractivity contribution < 1.29 is 14.6 Å². The predicted octanol–water partition coefficient (Wildman–Crippen LogP) is 2.66. The molecule has 2 fully saturated rings. The van der Waals surface area contributed by atoms with Gasteiger partial charge in [-0.1, -0.05) is 25.0 Å². The van der Waals surface area contributed by atoms with Crippen LogP contribution in [0.25, 0.3) is 0 Å². The first-order valence-electron chi connectivity index (χ1n) is 7.86. The van der Waals surface area contributed by atoms with Crippen LogP contribution in [0.15, 0.2) is 18.2 Å². The molecule has 2 aliphatic rings. The highest BCUT2D eigenvalue weighted by molar-refractivity contribution is 5.48. The molecule has 4 nitrogen and oxygen atoms in total. The van der Waals surface area contributed by atoms with Crippen molar-refractivity contribution in [2.45, 2.75) is 43.7 Å². The van der Waals surface area contributed by atoms with Crippen LogP contribution in [0.1, 0.15) is 43.7 Å². The molecule has 1 heterocycles. The molecule has 0 unspecified atom stereocenters. The summed E-state index contributed by atoms with van der Waals surface area (Å²) in [5, 5.41) is 14.6. The van der Waals surface area contributed by atoms with Crippen LogP contribution in [0.3, 0.4) is 0 Å². The second kappa shape index (κ2) is 5.85. The molecule has 4 heteroatoms. The monoisotopic (exact) mass is 291 g/mol. The number of aliphatic hydroxyl groups is 1. The summed E-state index contributed by atoms with van der Waals surface area (Å²) >= 11 is 0. The molecular weight excluding hydrogens is 266 g/mol. The number of fused-ring (bicyclic) bond motifs is 1. The van der Waals surface area contributed by atoms with Crippen LogP contribution >= 0.6 is 0 Å². The minimum atomic E-state index is -0.526. The average Bonchev–Trinajstić information content (AvgIpc) is 2.52. The number of ether oxygens (including phenoxy) is 2. The quantitative estimate of drug-likeness (QED) is 0.899. The van der Waals surface area contributed by atoms with Gasteiger partial charge in [-0.25, -0.2) is 0 Å². The van der Waals surface area contributed by atoms with Gasteiger partial charge in [-0.3, -0.25) is 0 Å². The van der Waals surface area contributed by atoms with Crippen LogP contribution in [0.2, 0.25) is 0 Å². The molecule has 1 saturated carbocycles. The van der Waals surface area contributed by atoms with Crippen molar-refractivity contribution in [1.82, 2.24) is 5.32 Å². The first-order chi connectivity index (χ1) is 10.2. The second-order valence-electron chi connectivity index (χ2n) is 6.22. The van der Waals surface area contributed by atoms with E-state index in [0.717, 1.165) is 49.3 Å². The lowest BCUT2D eigenvalue weighted by molar-refractivity contribution is -0.0863. The van der Waals surface area contributed by atoms with Crippen LogP contribution in [-0.4, -0.2) is 31.5 Å². The normalized spacial score (nSPS) is 32.3. The lowest BCUT2D eigenvalue weighted by Crippen LogP contribution is -2.53. The SMILES string of the molecule is COc1cccc([C@@H]2NCC[C@@]3(O)CCCC[C@H]23)c1OC. The smallest absolute Gasteiger partial charge is 0.165 e. The molecule has 0 spiro atoms. The van der Waals surface area contributed by atoms with E-state index in [1.807, 2.05) is 12.1 Å². The van der Waals surface area contributed by atoms with E-state index in [2.05, 4.69) is 11.4 Å². The highest BCUT2D eigenvalue weighted by Gasteiger charge is 2.46. The molecule has 0 amide bonds. The van der Waals surface area contributed by atoms with E-state index >= 15 is 0 Å². The van der Waals surface area contributed by atoms with Gasteiger partial charge < -0.3 is 19.9 Å². The molecule has 1 aromatic carbocycles. The minimum Gasteiger partial charge on any atom is -0.493 e. The van der Waals surface area contributed by atoms with E-state index in [0.29, 0.717) is 0 Å². The lowest BCUT2D eigenvalue weighted by Gasteiger charge is -2.48. The number of benzene rings is 1. The molecule has 2 N–H and O–H groups in total. The van der Waals surface area contributed by atoms with Gasteiger partial charge in [0.2, 0.25) is 0 Å². The average molecular weight is 291 g/mol. The maximum absolute atomic E-state index is 11.0. The standard InChI is InChI=1S/C17H25NO3/c1-20-14-8-5-6-12(16(14)21-2)15-13-7-3-4-9-17(13,19)10-11-18-15/h5-6,8,13,15,18-19H,3-4,7,9-11H2,1-2H3/t13-,15+,17+/m1/s1. The van der Waals surface area contributed by atoms with E-state index in [-0.39, 0.29) is 12.0 Å². The third-order valence-electron chi connectivity index (χ3n) is 5.16. The zero-order valence-corrected chi connectivity index (χ0v) is 12.9. The van der Waals surface area contributed by atoms with Gasteiger partial charge in [0.15, 0.2) is 11.5 Å². The number of para-hydroxylation sites is 1. The van der Waals surface area contributed by atoms with Crippen molar-refractivity contribution in [2.24, 2.45) is 5.92 Å². The van der Waals surface area contributed by atoms with Crippen LogP contribution in [0, 0.1) is 5.92 Å². The van der Waals surface area contributed by atoms with Gasteiger partial charge in [-0.05, 0) is 31.9 Å². The summed E-state index contributed by atoms with van der Waals surface area (Å²) in [5.74, 6) is 1.79. The fraction of sp³-hybridized carbons (Fsp3) is 0.647. The summed E-state index contributed by atoms with van der Waals surface area (Å²) in [6.45, 7) is 0.845. The molecule has 3 atom stereocenters. The van der Waals surface area contributed by atoms with Crippen molar-refractivity contribution in [3.63, 3.8) is 0 Å². The van der Waals surface area contributed by atoms with E-state index in [1.165, 1.54) is 6.42 Å². The Bertz CT molecular complexity index is 501. The first kappa shape index (κ1) is 14.7. The minimum absolute atomic E-state index is 0.133. The van der Waals surface area contributed by atoms with E-state index < -0.39 is 5.60 Å². The summed E-state index contributed by atoms with van der Waals surface area (Å²) in [6, 6.07) is 6.13. The summed E-state index contributed by atoms with van der Waals surface area (Å²) in [6.07, 6.45) is 5.16. The van der Waals surface area contributed by atoms with Crippen molar-refractivity contribution in [3.8, 4) is 11.5 Å². The van der Waals surface area contributed by atoms with Crippen molar-refractivity contribution >= 4 is 0 Å². The highest BCUT2D eigenvalue weighted by atomic mass is 16.5. The number of piperidine rings is 1. The second-order valence-corrected chi connectivity index (χ2v) is 6.22. The van der Waals surface area contributed by atoms with Crippen molar-refractivity contribution in [2.75, 3.05) is 20.8 Å². The molecule has 116 valence electrons. The molecule has 21 heavy (non-hydrogen) atoms. The van der Waals surface area contributed by atoms with E-state index in [9.17, 15) is 5.11 Å². The topological polar surface area (TPSA) is 50.7 Å². The summed E-state index contributed by atoms with van der Waals surface area (Å²) in [7, 11) is 3.34. The molecule has 1 aliphatic carbocycles. The Labute approximate surface area is 126 Å². The molecule has 0 aromatic heterocycles. The Balaban J connectivity index is 1.99. The van der Waals surface area contributed by atoms with Crippen molar-refractivity contribution in [1.29, 1.82) is 0 Å². The van der Waals surface area contributed by atoms with Crippen LogP contribution in [0.5, 0.6) is 11.5 Å². The van der Waals surface area contributed by atoms with Gasteiger partial charge in [-0.2, -0.15) is 0 Å².